The highest BCUT2D eigenvalue weighted by atomic mass is 15.1. The van der Waals surface area contributed by atoms with Crippen molar-refractivity contribution in [1.29, 1.82) is 0 Å². The Hall–Kier alpha value is -1.32. The fraction of sp³-hybridized carbons (Fsp3) is 0.200. The SMILES string of the molecule is NC(N)=NC1C=CC=N1. The summed E-state index contributed by atoms with van der Waals surface area (Å²) in [6.45, 7) is 0. The highest BCUT2D eigenvalue weighted by molar-refractivity contribution is 5.78. The molecule has 0 aromatic heterocycles. The van der Waals surface area contributed by atoms with Gasteiger partial charge in [0, 0.05) is 6.21 Å². The van der Waals surface area contributed by atoms with Crippen LogP contribution in [0, 0.1) is 0 Å². The van der Waals surface area contributed by atoms with E-state index in [1.807, 2.05) is 0 Å². The fourth-order valence-corrected chi connectivity index (χ4v) is 0.566. The zero-order valence-corrected chi connectivity index (χ0v) is 4.86. The summed E-state index contributed by atoms with van der Waals surface area (Å²) < 4.78 is 0. The molecule has 0 amide bonds. The molecule has 1 atom stereocenters. The van der Waals surface area contributed by atoms with E-state index in [2.05, 4.69) is 9.98 Å². The van der Waals surface area contributed by atoms with Crippen molar-refractivity contribution in [2.45, 2.75) is 6.17 Å². The molecule has 1 heterocycles. The number of hydrogen-bond donors (Lipinski definition) is 2. The second-order valence-corrected chi connectivity index (χ2v) is 1.65. The van der Waals surface area contributed by atoms with Crippen LogP contribution in [0.5, 0.6) is 0 Å². The number of aliphatic imine (C=N–C) groups is 2. The van der Waals surface area contributed by atoms with Gasteiger partial charge in [-0.2, -0.15) is 0 Å². The van der Waals surface area contributed by atoms with Crippen molar-refractivity contribution in [2.75, 3.05) is 0 Å². The van der Waals surface area contributed by atoms with Gasteiger partial charge in [0.25, 0.3) is 0 Å². The molecular weight excluding hydrogens is 116 g/mol. The predicted octanol–water partition coefficient (Wildman–Crippen LogP) is -0.773. The lowest BCUT2D eigenvalue weighted by atomic mass is 10.5. The molecule has 0 saturated carbocycles. The van der Waals surface area contributed by atoms with E-state index in [4.69, 9.17) is 11.5 Å². The normalized spacial score (nSPS) is 22.4. The van der Waals surface area contributed by atoms with Crippen LogP contribution in [0.15, 0.2) is 22.1 Å². The van der Waals surface area contributed by atoms with E-state index in [0.29, 0.717) is 0 Å². The van der Waals surface area contributed by atoms with Gasteiger partial charge in [-0.25, -0.2) is 4.99 Å². The van der Waals surface area contributed by atoms with Gasteiger partial charge < -0.3 is 11.5 Å². The van der Waals surface area contributed by atoms with Gasteiger partial charge in [0.05, 0.1) is 0 Å². The molecule has 0 fully saturated rings. The summed E-state index contributed by atoms with van der Waals surface area (Å²) >= 11 is 0. The Balaban J connectivity index is 2.56. The fourth-order valence-electron chi connectivity index (χ4n) is 0.566. The van der Waals surface area contributed by atoms with Crippen molar-refractivity contribution in [3.05, 3.63) is 12.2 Å². The van der Waals surface area contributed by atoms with Crippen molar-refractivity contribution in [3.63, 3.8) is 0 Å². The van der Waals surface area contributed by atoms with E-state index in [-0.39, 0.29) is 12.1 Å². The van der Waals surface area contributed by atoms with Crippen molar-refractivity contribution >= 4 is 12.2 Å². The number of nitrogens with zero attached hydrogens (tertiary/aromatic N) is 2. The Kier molecular flexibility index (Phi) is 1.48. The van der Waals surface area contributed by atoms with Gasteiger partial charge in [0.15, 0.2) is 12.1 Å². The zero-order valence-electron chi connectivity index (χ0n) is 4.86. The molecule has 9 heavy (non-hydrogen) atoms. The molecule has 48 valence electrons. The van der Waals surface area contributed by atoms with E-state index in [1.165, 1.54) is 0 Å². The second kappa shape index (κ2) is 2.30. The Morgan fingerprint density at radius 1 is 1.56 bits per heavy atom. The molecule has 1 rings (SSSR count). The molecule has 4 heteroatoms. The molecule has 0 aromatic carbocycles. The molecular formula is C5H8N4. The molecule has 0 radical (unpaired) electrons. The van der Waals surface area contributed by atoms with Crippen LogP contribution in [-0.2, 0) is 0 Å². The quantitative estimate of drug-likeness (QED) is 0.355. The van der Waals surface area contributed by atoms with Gasteiger partial charge in [-0.05, 0) is 12.2 Å². The molecule has 0 aliphatic carbocycles. The zero-order chi connectivity index (χ0) is 6.69. The van der Waals surface area contributed by atoms with Crippen LogP contribution in [-0.4, -0.2) is 18.3 Å². The third-order valence-electron chi connectivity index (χ3n) is 0.889. The standard InChI is InChI=1S/C5H8N4/c6-5(7)9-4-2-1-3-8-4/h1-4H,(H4,6,7,9). The maximum Gasteiger partial charge on any atom is 0.188 e. The second-order valence-electron chi connectivity index (χ2n) is 1.65. The summed E-state index contributed by atoms with van der Waals surface area (Å²) in [6, 6.07) is 0. The summed E-state index contributed by atoms with van der Waals surface area (Å²) in [6.07, 6.45) is 5.09. The van der Waals surface area contributed by atoms with Crippen LogP contribution in [0.1, 0.15) is 0 Å². The van der Waals surface area contributed by atoms with Crippen LogP contribution < -0.4 is 11.5 Å². The molecule has 1 aliphatic rings. The van der Waals surface area contributed by atoms with Crippen molar-refractivity contribution < 1.29 is 0 Å². The Morgan fingerprint density at radius 2 is 2.33 bits per heavy atom. The van der Waals surface area contributed by atoms with Crippen LogP contribution >= 0.6 is 0 Å². The lowest BCUT2D eigenvalue weighted by molar-refractivity contribution is 0.892. The first-order valence-corrected chi connectivity index (χ1v) is 2.58. The lowest BCUT2D eigenvalue weighted by Crippen LogP contribution is -2.24. The van der Waals surface area contributed by atoms with Crippen LogP contribution in [0.3, 0.4) is 0 Å². The number of rotatable bonds is 1. The maximum atomic E-state index is 5.09. The smallest absolute Gasteiger partial charge is 0.188 e. The first-order valence-electron chi connectivity index (χ1n) is 2.58. The average molecular weight is 124 g/mol. The molecule has 1 aliphatic heterocycles. The average Bonchev–Trinajstić information content (AvgIpc) is 2.15. The maximum absolute atomic E-state index is 5.09. The minimum Gasteiger partial charge on any atom is -0.370 e. The van der Waals surface area contributed by atoms with Gasteiger partial charge in [-0.15, -0.1) is 0 Å². The monoisotopic (exact) mass is 124 g/mol. The van der Waals surface area contributed by atoms with Crippen LogP contribution in [0.4, 0.5) is 0 Å². The molecule has 4 N–H and O–H groups in total. The minimum atomic E-state index is -0.185. The third-order valence-corrected chi connectivity index (χ3v) is 0.889. The number of nitrogens with two attached hydrogens (primary N) is 2. The van der Waals surface area contributed by atoms with Gasteiger partial charge >= 0.3 is 0 Å². The molecule has 0 bridgehead atoms. The molecule has 0 spiro atoms. The predicted molar refractivity (Wildman–Crippen MR) is 37.2 cm³/mol. The molecule has 0 saturated heterocycles. The third kappa shape index (κ3) is 1.56. The van der Waals surface area contributed by atoms with E-state index < -0.39 is 0 Å². The Bertz CT molecular complexity index is 163. The number of guanidine groups is 1. The summed E-state index contributed by atoms with van der Waals surface area (Å²) in [7, 11) is 0. The largest absolute Gasteiger partial charge is 0.370 e. The van der Waals surface area contributed by atoms with Crippen molar-refractivity contribution in [2.24, 2.45) is 21.5 Å². The Labute approximate surface area is 53.0 Å². The summed E-state index contributed by atoms with van der Waals surface area (Å²) in [5.74, 6) is 0.0729. The summed E-state index contributed by atoms with van der Waals surface area (Å²) in [4.78, 5) is 7.66. The Morgan fingerprint density at radius 3 is 2.78 bits per heavy atom. The van der Waals surface area contributed by atoms with E-state index >= 15 is 0 Å². The number of hydrogen-bond acceptors (Lipinski definition) is 2. The van der Waals surface area contributed by atoms with Crippen molar-refractivity contribution in [1.82, 2.24) is 0 Å². The van der Waals surface area contributed by atoms with E-state index in [9.17, 15) is 0 Å². The minimum absolute atomic E-state index is 0.0729. The van der Waals surface area contributed by atoms with Crippen LogP contribution in [0.2, 0.25) is 0 Å². The van der Waals surface area contributed by atoms with Crippen molar-refractivity contribution in [3.8, 4) is 0 Å². The van der Waals surface area contributed by atoms with Gasteiger partial charge in [0.2, 0.25) is 0 Å². The van der Waals surface area contributed by atoms with E-state index in [1.54, 1.807) is 18.4 Å². The highest BCUT2D eigenvalue weighted by Gasteiger charge is 1.99. The topological polar surface area (TPSA) is 76.8 Å². The van der Waals surface area contributed by atoms with Gasteiger partial charge in [0.1, 0.15) is 0 Å². The van der Waals surface area contributed by atoms with Gasteiger partial charge in [-0.1, -0.05) is 0 Å². The van der Waals surface area contributed by atoms with Gasteiger partial charge in [-0.3, -0.25) is 4.99 Å². The molecule has 4 nitrogen and oxygen atoms in total. The first-order chi connectivity index (χ1) is 4.29. The molecule has 0 aromatic rings. The number of allylic oxidation sites excluding steroid dienone is 1. The van der Waals surface area contributed by atoms with E-state index in [0.717, 1.165) is 0 Å². The first kappa shape index (κ1) is 5.81. The summed E-state index contributed by atoms with van der Waals surface area (Å²) in [5.41, 5.74) is 10.2. The lowest BCUT2D eigenvalue weighted by Gasteiger charge is -1.95. The highest BCUT2D eigenvalue weighted by Crippen LogP contribution is 1.98. The van der Waals surface area contributed by atoms with Crippen LogP contribution in [0.25, 0.3) is 0 Å². The summed E-state index contributed by atoms with van der Waals surface area (Å²) in [5, 5.41) is 0. The molecule has 1 unspecified atom stereocenters.